The molecule has 3 rings (SSSR count). The van der Waals surface area contributed by atoms with Crippen LogP contribution >= 0.6 is 0 Å². The van der Waals surface area contributed by atoms with Crippen LogP contribution in [-0.2, 0) is 10.0 Å². The molecule has 1 amide bonds. The number of carbonyl (C=O) groups is 1. The molecule has 26 heavy (non-hydrogen) atoms. The number of nitrogens with zero attached hydrogens (tertiary/aromatic N) is 1. The van der Waals surface area contributed by atoms with Crippen molar-refractivity contribution in [3.05, 3.63) is 60.3 Å². The van der Waals surface area contributed by atoms with Crippen molar-refractivity contribution in [2.45, 2.75) is 0 Å². The number of aromatic hydroxyl groups is 1. The summed E-state index contributed by atoms with van der Waals surface area (Å²) >= 11 is 0. The first-order chi connectivity index (χ1) is 12.3. The minimum absolute atomic E-state index is 0.147. The van der Waals surface area contributed by atoms with Crippen LogP contribution in [0.25, 0.3) is 11.3 Å². The highest BCUT2D eigenvalue weighted by molar-refractivity contribution is 7.92. The number of phenolic OH excluding ortho intramolecular Hbond substituents is 1. The standard InChI is InChI=1S/C17H16N4O4S/c1-26(24,25)21-13-4-2-3-12(9-13)18-17(23)16-10-15(19-20-16)11-5-7-14(22)8-6-11/h2-10,21-22H,1H3,(H,18,23)(H,19,20). The van der Waals surface area contributed by atoms with E-state index in [4.69, 9.17) is 0 Å². The normalized spacial score (nSPS) is 11.1. The van der Waals surface area contributed by atoms with Crippen molar-refractivity contribution in [3.8, 4) is 17.0 Å². The molecule has 4 N–H and O–H groups in total. The second-order valence-electron chi connectivity index (χ2n) is 5.62. The SMILES string of the molecule is CS(=O)(=O)Nc1cccc(NC(=O)c2cc(-c3ccc(O)cc3)[nH]n2)c1. The Hall–Kier alpha value is -3.33. The third-order valence-electron chi connectivity index (χ3n) is 3.41. The molecule has 2 aromatic carbocycles. The zero-order chi connectivity index (χ0) is 18.7. The third kappa shape index (κ3) is 4.39. The lowest BCUT2D eigenvalue weighted by molar-refractivity contribution is 0.102. The molecule has 134 valence electrons. The average Bonchev–Trinajstić information content (AvgIpc) is 3.04. The molecule has 3 aromatic rings. The molecule has 0 aliphatic rings. The molecule has 0 spiro atoms. The maximum Gasteiger partial charge on any atom is 0.276 e. The summed E-state index contributed by atoms with van der Waals surface area (Å²) in [6.07, 6.45) is 1.05. The summed E-state index contributed by atoms with van der Waals surface area (Å²) in [5, 5.41) is 18.7. The van der Waals surface area contributed by atoms with Gasteiger partial charge in [-0.1, -0.05) is 6.07 Å². The monoisotopic (exact) mass is 372 g/mol. The third-order valence-corrected chi connectivity index (χ3v) is 4.02. The van der Waals surface area contributed by atoms with E-state index in [1.54, 1.807) is 36.4 Å². The van der Waals surface area contributed by atoms with Crippen molar-refractivity contribution >= 4 is 27.3 Å². The highest BCUT2D eigenvalue weighted by atomic mass is 32.2. The van der Waals surface area contributed by atoms with Gasteiger partial charge in [-0.25, -0.2) is 8.42 Å². The number of H-pyrrole nitrogens is 1. The molecule has 8 nitrogen and oxygen atoms in total. The van der Waals surface area contributed by atoms with E-state index in [0.717, 1.165) is 11.8 Å². The Bertz CT molecular complexity index is 1040. The second-order valence-corrected chi connectivity index (χ2v) is 7.37. The number of sulfonamides is 1. The number of hydrogen-bond acceptors (Lipinski definition) is 5. The van der Waals surface area contributed by atoms with Crippen LogP contribution in [0.3, 0.4) is 0 Å². The fourth-order valence-corrected chi connectivity index (χ4v) is 2.85. The van der Waals surface area contributed by atoms with Gasteiger partial charge in [0.25, 0.3) is 5.91 Å². The number of aromatic amines is 1. The molecule has 0 aliphatic carbocycles. The highest BCUT2D eigenvalue weighted by Crippen LogP contribution is 2.21. The fraction of sp³-hybridized carbons (Fsp3) is 0.0588. The Labute approximate surface area is 149 Å². The van der Waals surface area contributed by atoms with Crippen molar-refractivity contribution in [2.75, 3.05) is 16.3 Å². The zero-order valence-electron chi connectivity index (χ0n) is 13.7. The summed E-state index contributed by atoms with van der Waals surface area (Å²) in [5.41, 5.74) is 2.35. The number of nitrogens with one attached hydrogen (secondary N) is 3. The van der Waals surface area contributed by atoms with E-state index >= 15 is 0 Å². The quantitative estimate of drug-likeness (QED) is 0.547. The number of phenols is 1. The minimum Gasteiger partial charge on any atom is -0.508 e. The summed E-state index contributed by atoms with van der Waals surface area (Å²) in [4.78, 5) is 12.3. The number of anilines is 2. The summed E-state index contributed by atoms with van der Waals surface area (Å²) in [6, 6.07) is 14.4. The van der Waals surface area contributed by atoms with Gasteiger partial charge in [-0.05, 0) is 54.1 Å². The number of amides is 1. The van der Waals surface area contributed by atoms with Gasteiger partial charge in [0.05, 0.1) is 17.6 Å². The number of carbonyl (C=O) groups excluding carboxylic acids is 1. The number of rotatable bonds is 5. The molecule has 0 radical (unpaired) electrons. The number of benzene rings is 2. The Morgan fingerprint density at radius 1 is 1.08 bits per heavy atom. The molecule has 0 saturated carbocycles. The van der Waals surface area contributed by atoms with Crippen molar-refractivity contribution in [1.29, 1.82) is 0 Å². The number of hydrogen-bond donors (Lipinski definition) is 4. The van der Waals surface area contributed by atoms with Gasteiger partial charge < -0.3 is 10.4 Å². The average molecular weight is 372 g/mol. The van der Waals surface area contributed by atoms with E-state index in [0.29, 0.717) is 17.1 Å². The second kappa shape index (κ2) is 6.89. The van der Waals surface area contributed by atoms with E-state index in [-0.39, 0.29) is 11.4 Å². The van der Waals surface area contributed by atoms with E-state index in [2.05, 4.69) is 20.2 Å². The highest BCUT2D eigenvalue weighted by Gasteiger charge is 2.12. The lowest BCUT2D eigenvalue weighted by atomic mass is 10.1. The van der Waals surface area contributed by atoms with Crippen molar-refractivity contribution < 1.29 is 18.3 Å². The molecular weight excluding hydrogens is 356 g/mol. The summed E-state index contributed by atoms with van der Waals surface area (Å²) in [7, 11) is -3.40. The first-order valence-corrected chi connectivity index (χ1v) is 9.43. The lowest BCUT2D eigenvalue weighted by Gasteiger charge is -2.07. The van der Waals surface area contributed by atoms with Crippen molar-refractivity contribution in [1.82, 2.24) is 10.2 Å². The van der Waals surface area contributed by atoms with Gasteiger partial charge in [-0.15, -0.1) is 0 Å². The maximum absolute atomic E-state index is 12.3. The van der Waals surface area contributed by atoms with E-state index < -0.39 is 15.9 Å². The van der Waals surface area contributed by atoms with Crippen LogP contribution in [0.4, 0.5) is 11.4 Å². The molecule has 0 aliphatic heterocycles. The lowest BCUT2D eigenvalue weighted by Crippen LogP contribution is -2.13. The van der Waals surface area contributed by atoms with Crippen LogP contribution in [0.2, 0.25) is 0 Å². The summed E-state index contributed by atoms with van der Waals surface area (Å²) in [5.74, 6) is -0.295. The van der Waals surface area contributed by atoms with Gasteiger partial charge >= 0.3 is 0 Å². The van der Waals surface area contributed by atoms with Crippen LogP contribution in [-0.4, -0.2) is 35.9 Å². The summed E-state index contributed by atoms with van der Waals surface area (Å²) < 4.78 is 24.9. The predicted octanol–water partition coefficient (Wildman–Crippen LogP) is 2.41. The molecule has 9 heteroatoms. The Morgan fingerprint density at radius 2 is 1.77 bits per heavy atom. The van der Waals surface area contributed by atoms with Gasteiger partial charge in [0.1, 0.15) is 5.75 Å². The van der Waals surface area contributed by atoms with Gasteiger partial charge in [-0.2, -0.15) is 5.10 Å². The van der Waals surface area contributed by atoms with E-state index in [1.165, 1.54) is 18.2 Å². The van der Waals surface area contributed by atoms with E-state index in [9.17, 15) is 18.3 Å². The van der Waals surface area contributed by atoms with Gasteiger partial charge in [0.2, 0.25) is 10.0 Å². The van der Waals surface area contributed by atoms with Crippen molar-refractivity contribution in [2.24, 2.45) is 0 Å². The molecule has 0 fully saturated rings. The van der Waals surface area contributed by atoms with Crippen LogP contribution in [0.1, 0.15) is 10.5 Å². The molecule has 0 atom stereocenters. The molecule has 1 heterocycles. The molecule has 0 bridgehead atoms. The van der Waals surface area contributed by atoms with Crippen LogP contribution in [0, 0.1) is 0 Å². The largest absolute Gasteiger partial charge is 0.508 e. The van der Waals surface area contributed by atoms with Crippen LogP contribution in [0.5, 0.6) is 5.75 Å². The van der Waals surface area contributed by atoms with Crippen molar-refractivity contribution in [3.63, 3.8) is 0 Å². The van der Waals surface area contributed by atoms with Crippen LogP contribution in [0.15, 0.2) is 54.6 Å². The first-order valence-electron chi connectivity index (χ1n) is 7.54. The topological polar surface area (TPSA) is 124 Å². The smallest absolute Gasteiger partial charge is 0.276 e. The maximum atomic E-state index is 12.3. The Balaban J connectivity index is 1.75. The first kappa shape index (κ1) is 17.5. The van der Waals surface area contributed by atoms with Gasteiger partial charge in [-0.3, -0.25) is 14.6 Å². The van der Waals surface area contributed by atoms with Crippen LogP contribution < -0.4 is 10.0 Å². The zero-order valence-corrected chi connectivity index (χ0v) is 14.5. The molecular formula is C17H16N4O4S. The van der Waals surface area contributed by atoms with Gasteiger partial charge in [0.15, 0.2) is 5.69 Å². The molecule has 0 unspecified atom stereocenters. The Kier molecular flexibility index (Phi) is 4.63. The number of aromatic nitrogens is 2. The minimum atomic E-state index is -3.40. The molecule has 0 saturated heterocycles. The van der Waals surface area contributed by atoms with E-state index in [1.807, 2.05) is 0 Å². The summed E-state index contributed by atoms with van der Waals surface area (Å²) in [6.45, 7) is 0. The van der Waals surface area contributed by atoms with Gasteiger partial charge in [0, 0.05) is 5.69 Å². The molecule has 1 aromatic heterocycles. The predicted molar refractivity (Wildman–Crippen MR) is 98.6 cm³/mol. The Morgan fingerprint density at radius 3 is 2.46 bits per heavy atom. The fourth-order valence-electron chi connectivity index (χ4n) is 2.30.